The van der Waals surface area contributed by atoms with E-state index in [0.29, 0.717) is 0 Å². The predicted molar refractivity (Wildman–Crippen MR) is 69.3 cm³/mol. The first kappa shape index (κ1) is 12.6. The molecule has 2 atom stereocenters. The number of hydrogen-bond donors (Lipinski definition) is 1. The van der Waals surface area contributed by atoms with Crippen LogP contribution >= 0.6 is 11.3 Å². The van der Waals surface area contributed by atoms with E-state index in [9.17, 15) is 9.90 Å². The molecule has 1 saturated heterocycles. The van der Waals surface area contributed by atoms with Crippen molar-refractivity contribution in [1.29, 1.82) is 0 Å². The largest absolute Gasteiger partial charge is 0.481 e. The Morgan fingerprint density at radius 3 is 2.94 bits per heavy atom. The molecule has 4 heteroatoms. The number of rotatable bonds is 3. The number of thiophene rings is 1. The van der Waals surface area contributed by atoms with E-state index < -0.39 is 5.97 Å². The molecule has 1 aliphatic rings. The molecule has 1 fully saturated rings. The maximum atomic E-state index is 11.1. The number of carboxylic acid groups (broad SMARTS) is 1. The van der Waals surface area contributed by atoms with E-state index in [1.165, 1.54) is 9.75 Å². The van der Waals surface area contributed by atoms with Crippen molar-refractivity contribution in [3.63, 3.8) is 0 Å². The van der Waals surface area contributed by atoms with Crippen LogP contribution in [0, 0.1) is 12.8 Å². The fourth-order valence-electron chi connectivity index (χ4n) is 2.54. The molecule has 0 radical (unpaired) electrons. The highest BCUT2D eigenvalue weighted by Crippen LogP contribution is 2.27. The quantitative estimate of drug-likeness (QED) is 0.900. The number of carbonyl (C=O) groups is 1. The Morgan fingerprint density at radius 1 is 1.59 bits per heavy atom. The monoisotopic (exact) mass is 253 g/mol. The lowest BCUT2D eigenvalue weighted by Gasteiger charge is -2.37. The van der Waals surface area contributed by atoms with Gasteiger partial charge in [0, 0.05) is 22.3 Å². The Balaban J connectivity index is 2.03. The predicted octanol–water partition coefficient (Wildman–Crippen LogP) is 2.74. The summed E-state index contributed by atoms with van der Waals surface area (Å²) in [4.78, 5) is 16.1. The van der Waals surface area contributed by atoms with Crippen LogP contribution in [0.4, 0.5) is 0 Å². The highest BCUT2D eigenvalue weighted by Gasteiger charge is 2.32. The standard InChI is InChI=1S/C13H19NO2S/c1-9-5-6-11(17-9)8-14-7-3-4-12(10(14)2)13(15)16/h5-6,10,12H,3-4,7-8H2,1-2H3,(H,15,16)/t10-,12-/m1/s1. The minimum atomic E-state index is -0.649. The number of nitrogens with zero attached hydrogens (tertiary/aromatic N) is 1. The van der Waals surface area contributed by atoms with E-state index in [0.717, 1.165) is 25.9 Å². The SMILES string of the molecule is Cc1ccc(CN2CCC[C@@H](C(=O)O)[C@H]2C)s1. The van der Waals surface area contributed by atoms with Crippen molar-refractivity contribution in [2.45, 2.75) is 39.3 Å². The lowest BCUT2D eigenvalue weighted by molar-refractivity contribution is -0.145. The fourth-order valence-corrected chi connectivity index (χ4v) is 3.45. The molecule has 0 unspecified atom stereocenters. The first-order chi connectivity index (χ1) is 8.08. The van der Waals surface area contributed by atoms with Gasteiger partial charge in [-0.1, -0.05) is 0 Å². The molecule has 2 heterocycles. The van der Waals surface area contributed by atoms with E-state index in [1.54, 1.807) is 11.3 Å². The summed E-state index contributed by atoms with van der Waals surface area (Å²) >= 11 is 1.80. The average molecular weight is 253 g/mol. The van der Waals surface area contributed by atoms with Gasteiger partial charge in [-0.05, 0) is 45.4 Å². The van der Waals surface area contributed by atoms with E-state index in [1.807, 2.05) is 6.92 Å². The van der Waals surface area contributed by atoms with Gasteiger partial charge in [0.25, 0.3) is 0 Å². The smallest absolute Gasteiger partial charge is 0.308 e. The number of aliphatic carboxylic acids is 1. The molecule has 1 N–H and O–H groups in total. The molecule has 1 aromatic rings. The summed E-state index contributed by atoms with van der Waals surface area (Å²) in [5.74, 6) is -0.852. The summed E-state index contributed by atoms with van der Waals surface area (Å²) in [7, 11) is 0. The van der Waals surface area contributed by atoms with Gasteiger partial charge < -0.3 is 5.11 Å². The van der Waals surface area contributed by atoms with Crippen molar-refractivity contribution in [3.8, 4) is 0 Å². The van der Waals surface area contributed by atoms with Gasteiger partial charge in [0.15, 0.2) is 0 Å². The Hall–Kier alpha value is -0.870. The van der Waals surface area contributed by atoms with Crippen LogP contribution in [0.25, 0.3) is 0 Å². The number of piperidine rings is 1. The molecule has 3 nitrogen and oxygen atoms in total. The van der Waals surface area contributed by atoms with Gasteiger partial charge in [-0.2, -0.15) is 0 Å². The average Bonchev–Trinajstić information content (AvgIpc) is 2.67. The molecular weight excluding hydrogens is 234 g/mol. The highest BCUT2D eigenvalue weighted by atomic mass is 32.1. The van der Waals surface area contributed by atoms with Gasteiger partial charge in [-0.3, -0.25) is 9.69 Å². The summed E-state index contributed by atoms with van der Waals surface area (Å²) in [6, 6.07) is 4.42. The van der Waals surface area contributed by atoms with Crippen LogP contribution in [0.3, 0.4) is 0 Å². The molecule has 0 saturated carbocycles. The zero-order valence-electron chi connectivity index (χ0n) is 10.3. The third kappa shape index (κ3) is 2.87. The number of hydrogen-bond acceptors (Lipinski definition) is 3. The summed E-state index contributed by atoms with van der Waals surface area (Å²) in [5.41, 5.74) is 0. The molecule has 0 aromatic carbocycles. The second kappa shape index (κ2) is 5.19. The number of aryl methyl sites for hydroxylation is 1. The topological polar surface area (TPSA) is 40.5 Å². The van der Waals surface area contributed by atoms with Crippen molar-refractivity contribution in [3.05, 3.63) is 21.9 Å². The van der Waals surface area contributed by atoms with Gasteiger partial charge in [-0.15, -0.1) is 11.3 Å². The van der Waals surface area contributed by atoms with Gasteiger partial charge in [0.1, 0.15) is 0 Å². The minimum absolute atomic E-state index is 0.142. The third-order valence-corrected chi connectivity index (χ3v) is 4.58. The summed E-state index contributed by atoms with van der Waals surface area (Å²) in [5, 5.41) is 9.17. The molecule has 2 rings (SSSR count). The summed E-state index contributed by atoms with van der Waals surface area (Å²) in [6.45, 7) is 6.05. The van der Waals surface area contributed by atoms with Crippen LogP contribution in [0.15, 0.2) is 12.1 Å². The van der Waals surface area contributed by atoms with Crippen molar-refractivity contribution < 1.29 is 9.90 Å². The summed E-state index contributed by atoms with van der Waals surface area (Å²) in [6.07, 6.45) is 1.81. The van der Waals surface area contributed by atoms with E-state index >= 15 is 0 Å². The molecule has 0 aliphatic carbocycles. The Morgan fingerprint density at radius 2 is 2.35 bits per heavy atom. The molecule has 0 spiro atoms. The number of carboxylic acids is 1. The first-order valence-corrected chi connectivity index (χ1v) is 6.91. The van der Waals surface area contributed by atoms with Crippen molar-refractivity contribution >= 4 is 17.3 Å². The Kier molecular flexibility index (Phi) is 3.84. The first-order valence-electron chi connectivity index (χ1n) is 6.10. The molecule has 0 bridgehead atoms. The second-order valence-electron chi connectivity index (χ2n) is 4.81. The van der Waals surface area contributed by atoms with Crippen LogP contribution in [0.1, 0.15) is 29.5 Å². The minimum Gasteiger partial charge on any atom is -0.481 e. The zero-order chi connectivity index (χ0) is 12.4. The van der Waals surface area contributed by atoms with Crippen LogP contribution in [-0.4, -0.2) is 28.6 Å². The molecule has 0 amide bonds. The van der Waals surface area contributed by atoms with E-state index in [-0.39, 0.29) is 12.0 Å². The van der Waals surface area contributed by atoms with Crippen molar-refractivity contribution in [1.82, 2.24) is 4.90 Å². The Labute approximate surface area is 106 Å². The molecule has 17 heavy (non-hydrogen) atoms. The van der Waals surface area contributed by atoms with Crippen LogP contribution < -0.4 is 0 Å². The van der Waals surface area contributed by atoms with Crippen LogP contribution in [-0.2, 0) is 11.3 Å². The number of likely N-dealkylation sites (tertiary alicyclic amines) is 1. The van der Waals surface area contributed by atoms with Crippen molar-refractivity contribution in [2.24, 2.45) is 5.92 Å². The Bertz CT molecular complexity index is 402. The van der Waals surface area contributed by atoms with Gasteiger partial charge in [0.2, 0.25) is 0 Å². The van der Waals surface area contributed by atoms with Gasteiger partial charge >= 0.3 is 5.97 Å². The lowest BCUT2D eigenvalue weighted by Crippen LogP contribution is -2.45. The highest BCUT2D eigenvalue weighted by molar-refractivity contribution is 7.11. The zero-order valence-corrected chi connectivity index (χ0v) is 11.2. The fraction of sp³-hybridized carbons (Fsp3) is 0.615. The molecular formula is C13H19NO2S. The maximum Gasteiger partial charge on any atom is 0.308 e. The summed E-state index contributed by atoms with van der Waals surface area (Å²) < 4.78 is 0. The maximum absolute atomic E-state index is 11.1. The van der Waals surface area contributed by atoms with Crippen LogP contribution in [0.2, 0.25) is 0 Å². The lowest BCUT2D eigenvalue weighted by atomic mass is 9.90. The normalized spacial score (nSPS) is 26.0. The van der Waals surface area contributed by atoms with Gasteiger partial charge in [-0.25, -0.2) is 0 Å². The molecule has 1 aromatic heterocycles. The molecule has 1 aliphatic heterocycles. The van der Waals surface area contributed by atoms with Gasteiger partial charge in [0.05, 0.1) is 5.92 Å². The van der Waals surface area contributed by atoms with Crippen LogP contribution in [0.5, 0.6) is 0 Å². The second-order valence-corrected chi connectivity index (χ2v) is 6.18. The van der Waals surface area contributed by atoms with E-state index in [4.69, 9.17) is 0 Å². The third-order valence-electron chi connectivity index (χ3n) is 3.59. The van der Waals surface area contributed by atoms with Crippen molar-refractivity contribution in [2.75, 3.05) is 6.54 Å². The van der Waals surface area contributed by atoms with E-state index in [2.05, 4.69) is 24.0 Å². The molecule has 94 valence electrons.